The summed E-state index contributed by atoms with van der Waals surface area (Å²) in [6.07, 6.45) is 1.51. The predicted molar refractivity (Wildman–Crippen MR) is 94.5 cm³/mol. The van der Waals surface area contributed by atoms with Crippen LogP contribution in [0.3, 0.4) is 0 Å². The van der Waals surface area contributed by atoms with E-state index in [2.05, 4.69) is 10.1 Å². The van der Waals surface area contributed by atoms with E-state index < -0.39 is 0 Å². The number of aromatic nitrogens is 1. The Kier molecular flexibility index (Phi) is 5.30. The molecule has 0 aliphatic carbocycles. The van der Waals surface area contributed by atoms with Gasteiger partial charge in [-0.15, -0.1) is 0 Å². The van der Waals surface area contributed by atoms with Crippen LogP contribution in [0.4, 0.5) is 0 Å². The maximum Gasteiger partial charge on any atom is 0.237 e. The number of likely N-dealkylation sites (N-methyl/N-ethyl adjacent to an activating group) is 1. The lowest BCUT2D eigenvalue weighted by Gasteiger charge is -2.27. The van der Waals surface area contributed by atoms with Crippen molar-refractivity contribution in [2.75, 3.05) is 20.1 Å². The maximum atomic E-state index is 12.7. The molecule has 2 heterocycles. The fraction of sp³-hybridized carbons (Fsp3) is 0.444. The fourth-order valence-electron chi connectivity index (χ4n) is 2.98. The van der Waals surface area contributed by atoms with Gasteiger partial charge in [0.15, 0.2) is 0 Å². The van der Waals surface area contributed by atoms with Crippen LogP contribution in [0.15, 0.2) is 35.1 Å². The molecular weight excluding hydrogens is 342 g/mol. The first kappa shape index (κ1) is 17.8. The van der Waals surface area contributed by atoms with Crippen LogP contribution in [-0.2, 0) is 11.3 Å². The summed E-state index contributed by atoms with van der Waals surface area (Å²) in [4.78, 5) is 16.5. The van der Waals surface area contributed by atoms with Gasteiger partial charge in [0.25, 0.3) is 0 Å². The second kappa shape index (κ2) is 7.45. The first-order valence-corrected chi connectivity index (χ1v) is 8.65. The second-order valence-electron chi connectivity index (χ2n) is 6.46. The van der Waals surface area contributed by atoms with Gasteiger partial charge in [0.2, 0.25) is 5.91 Å². The maximum absolute atomic E-state index is 12.7. The second-order valence-corrected chi connectivity index (χ2v) is 6.89. The number of ether oxygens (including phenoxy) is 1. The number of nitrogens with zero attached hydrogens (tertiary/aromatic N) is 3. The summed E-state index contributed by atoms with van der Waals surface area (Å²) in [6, 6.07) is 7.23. The molecule has 7 heteroatoms. The average molecular weight is 364 g/mol. The van der Waals surface area contributed by atoms with E-state index in [-0.39, 0.29) is 18.1 Å². The molecule has 0 saturated carbocycles. The normalized spacial score (nSPS) is 18.8. The Bertz CT molecular complexity index is 735. The van der Waals surface area contributed by atoms with E-state index in [4.69, 9.17) is 20.9 Å². The Morgan fingerprint density at radius 3 is 3.00 bits per heavy atom. The summed E-state index contributed by atoms with van der Waals surface area (Å²) in [5, 5.41) is 4.58. The van der Waals surface area contributed by atoms with E-state index in [1.165, 1.54) is 6.26 Å². The third-order valence-electron chi connectivity index (χ3n) is 4.48. The van der Waals surface area contributed by atoms with E-state index >= 15 is 0 Å². The van der Waals surface area contributed by atoms with Gasteiger partial charge in [-0.3, -0.25) is 9.69 Å². The number of benzene rings is 1. The van der Waals surface area contributed by atoms with Crippen molar-refractivity contribution in [2.45, 2.75) is 32.5 Å². The highest BCUT2D eigenvalue weighted by molar-refractivity contribution is 6.30. The van der Waals surface area contributed by atoms with Crippen molar-refractivity contribution in [3.05, 3.63) is 46.8 Å². The summed E-state index contributed by atoms with van der Waals surface area (Å²) in [6.45, 7) is 5.53. The van der Waals surface area contributed by atoms with Crippen molar-refractivity contribution >= 4 is 17.5 Å². The Morgan fingerprint density at radius 1 is 1.48 bits per heavy atom. The zero-order valence-electron chi connectivity index (χ0n) is 14.6. The number of fused-ring (bicyclic) bond motifs is 1. The number of amides is 1. The predicted octanol–water partition coefficient (Wildman–Crippen LogP) is 3.13. The van der Waals surface area contributed by atoms with Gasteiger partial charge in [-0.2, -0.15) is 0 Å². The van der Waals surface area contributed by atoms with Gasteiger partial charge in [0.05, 0.1) is 12.6 Å². The number of rotatable bonds is 4. The number of carbonyl (C=O) groups excluding carboxylic acids is 1. The lowest BCUT2D eigenvalue weighted by molar-refractivity contribution is -0.133. The standard InChI is InChI=1S/C18H22ClN3O3/c1-12-9-22(10-14-8-15(19)4-5-17(14)25-12)11-18(23)21(3)13(2)16-6-7-24-20-16/h4-8,12-13H,9-11H2,1-3H3. The largest absolute Gasteiger partial charge is 0.489 e. The van der Waals surface area contributed by atoms with Gasteiger partial charge in [-0.1, -0.05) is 16.8 Å². The Hall–Kier alpha value is -2.05. The molecule has 1 aromatic carbocycles. The van der Waals surface area contributed by atoms with Crippen LogP contribution in [0.2, 0.25) is 5.02 Å². The van der Waals surface area contributed by atoms with Crippen LogP contribution in [0.5, 0.6) is 5.75 Å². The summed E-state index contributed by atoms with van der Waals surface area (Å²) >= 11 is 6.10. The monoisotopic (exact) mass is 363 g/mol. The topological polar surface area (TPSA) is 58.8 Å². The number of hydrogen-bond acceptors (Lipinski definition) is 5. The highest BCUT2D eigenvalue weighted by Crippen LogP contribution is 2.28. The van der Waals surface area contributed by atoms with Crippen LogP contribution < -0.4 is 4.74 Å². The minimum absolute atomic E-state index is 0.00602. The molecular formula is C18H22ClN3O3. The number of halogens is 1. The van der Waals surface area contributed by atoms with Crippen molar-refractivity contribution in [2.24, 2.45) is 0 Å². The lowest BCUT2D eigenvalue weighted by atomic mass is 10.2. The average Bonchev–Trinajstić information content (AvgIpc) is 3.05. The first-order valence-electron chi connectivity index (χ1n) is 8.27. The van der Waals surface area contributed by atoms with Gasteiger partial charge in [0.1, 0.15) is 23.8 Å². The molecule has 2 unspecified atom stereocenters. The van der Waals surface area contributed by atoms with Gasteiger partial charge in [-0.05, 0) is 32.0 Å². The zero-order valence-corrected chi connectivity index (χ0v) is 15.4. The summed E-state index contributed by atoms with van der Waals surface area (Å²) in [7, 11) is 1.78. The first-order chi connectivity index (χ1) is 11.9. The van der Waals surface area contributed by atoms with Crippen molar-refractivity contribution in [1.82, 2.24) is 15.0 Å². The van der Waals surface area contributed by atoms with Gasteiger partial charge >= 0.3 is 0 Å². The van der Waals surface area contributed by atoms with E-state index in [0.29, 0.717) is 24.7 Å². The van der Waals surface area contributed by atoms with E-state index in [9.17, 15) is 4.79 Å². The van der Waals surface area contributed by atoms with Crippen molar-refractivity contribution in [1.29, 1.82) is 0 Å². The summed E-state index contributed by atoms with van der Waals surface area (Å²) in [5.41, 5.74) is 1.73. The Balaban J connectivity index is 1.70. The van der Waals surface area contributed by atoms with Crippen molar-refractivity contribution in [3.8, 4) is 5.75 Å². The molecule has 0 spiro atoms. The van der Waals surface area contributed by atoms with Crippen LogP contribution >= 0.6 is 11.6 Å². The molecule has 2 aromatic rings. The third kappa shape index (κ3) is 4.14. The smallest absolute Gasteiger partial charge is 0.237 e. The van der Waals surface area contributed by atoms with Crippen LogP contribution in [0, 0.1) is 0 Å². The SMILES string of the molecule is CC1CN(CC(=O)N(C)C(C)c2ccon2)Cc2cc(Cl)ccc2O1. The molecule has 3 rings (SSSR count). The molecule has 1 amide bonds. The minimum atomic E-state index is -0.145. The molecule has 0 N–H and O–H groups in total. The van der Waals surface area contributed by atoms with E-state index in [1.54, 1.807) is 18.0 Å². The quantitative estimate of drug-likeness (QED) is 0.835. The minimum Gasteiger partial charge on any atom is -0.489 e. The van der Waals surface area contributed by atoms with Crippen LogP contribution in [-0.4, -0.2) is 47.1 Å². The molecule has 6 nitrogen and oxygen atoms in total. The van der Waals surface area contributed by atoms with Crippen LogP contribution in [0.25, 0.3) is 0 Å². The molecule has 1 aliphatic heterocycles. The van der Waals surface area contributed by atoms with Gasteiger partial charge < -0.3 is 14.2 Å². The molecule has 1 aliphatic rings. The van der Waals surface area contributed by atoms with E-state index in [0.717, 1.165) is 17.0 Å². The third-order valence-corrected chi connectivity index (χ3v) is 4.71. The molecule has 1 aromatic heterocycles. The van der Waals surface area contributed by atoms with Crippen LogP contribution in [0.1, 0.15) is 31.1 Å². The lowest BCUT2D eigenvalue weighted by Crippen LogP contribution is -2.41. The molecule has 134 valence electrons. The number of carbonyl (C=O) groups is 1. The number of hydrogen-bond donors (Lipinski definition) is 0. The molecule has 0 saturated heterocycles. The molecule has 0 radical (unpaired) electrons. The summed E-state index contributed by atoms with van der Waals surface area (Å²) in [5.74, 6) is 0.851. The van der Waals surface area contributed by atoms with Gasteiger partial charge in [0, 0.05) is 36.8 Å². The Morgan fingerprint density at radius 2 is 2.28 bits per heavy atom. The van der Waals surface area contributed by atoms with Gasteiger partial charge in [-0.25, -0.2) is 0 Å². The van der Waals surface area contributed by atoms with Crippen molar-refractivity contribution < 1.29 is 14.1 Å². The highest BCUT2D eigenvalue weighted by Gasteiger charge is 2.25. The molecule has 2 atom stereocenters. The molecule has 0 bridgehead atoms. The zero-order chi connectivity index (χ0) is 18.0. The Labute approximate surface area is 152 Å². The summed E-state index contributed by atoms with van der Waals surface area (Å²) < 4.78 is 10.8. The van der Waals surface area contributed by atoms with E-state index in [1.807, 2.05) is 32.0 Å². The highest BCUT2D eigenvalue weighted by atomic mass is 35.5. The fourth-order valence-corrected chi connectivity index (χ4v) is 3.18. The molecule has 0 fully saturated rings. The van der Waals surface area contributed by atoms with Crippen molar-refractivity contribution in [3.63, 3.8) is 0 Å². The molecule has 25 heavy (non-hydrogen) atoms.